The fraction of sp³-hybridized carbons (Fsp3) is 0.0909. The van der Waals surface area contributed by atoms with Gasteiger partial charge in [-0.05, 0) is 18.6 Å². The SMILES string of the molecule is Cc1cccc(Cl)c1NS(=O)(=O)c1nc2sccn2n1. The zero-order valence-corrected chi connectivity index (χ0v) is 12.6. The van der Waals surface area contributed by atoms with Gasteiger partial charge in [-0.1, -0.05) is 23.7 Å². The van der Waals surface area contributed by atoms with Crippen molar-refractivity contribution in [2.75, 3.05) is 4.72 Å². The number of aromatic nitrogens is 3. The lowest BCUT2D eigenvalue weighted by Gasteiger charge is -2.09. The summed E-state index contributed by atoms with van der Waals surface area (Å²) in [6.45, 7) is 1.77. The maximum absolute atomic E-state index is 12.3. The molecule has 0 fully saturated rings. The monoisotopic (exact) mass is 328 g/mol. The van der Waals surface area contributed by atoms with E-state index in [0.717, 1.165) is 5.56 Å². The van der Waals surface area contributed by atoms with Crippen LogP contribution in [0.1, 0.15) is 5.56 Å². The smallest absolute Gasteiger partial charge is 0.275 e. The normalized spacial score (nSPS) is 11.9. The van der Waals surface area contributed by atoms with E-state index in [2.05, 4.69) is 14.8 Å². The van der Waals surface area contributed by atoms with Crippen LogP contribution in [0.4, 0.5) is 5.69 Å². The zero-order chi connectivity index (χ0) is 14.3. The van der Waals surface area contributed by atoms with Crippen molar-refractivity contribution in [1.29, 1.82) is 0 Å². The molecule has 1 N–H and O–H groups in total. The van der Waals surface area contributed by atoms with Gasteiger partial charge in [0.2, 0.25) is 4.96 Å². The predicted molar refractivity (Wildman–Crippen MR) is 77.9 cm³/mol. The fourth-order valence-corrected chi connectivity index (χ4v) is 3.73. The molecule has 0 spiro atoms. The maximum Gasteiger partial charge on any atom is 0.299 e. The van der Waals surface area contributed by atoms with Crippen LogP contribution in [0.3, 0.4) is 0 Å². The molecule has 2 aromatic heterocycles. The first kappa shape index (κ1) is 13.3. The van der Waals surface area contributed by atoms with Gasteiger partial charge >= 0.3 is 0 Å². The second-order valence-electron chi connectivity index (χ2n) is 4.06. The number of rotatable bonds is 3. The number of benzene rings is 1. The van der Waals surface area contributed by atoms with Crippen LogP contribution in [0.2, 0.25) is 5.02 Å². The second-order valence-corrected chi connectivity index (χ2v) is 6.92. The molecule has 0 saturated carbocycles. The van der Waals surface area contributed by atoms with Gasteiger partial charge in [0.15, 0.2) is 0 Å². The lowest BCUT2D eigenvalue weighted by molar-refractivity contribution is 0.592. The third-order valence-corrected chi connectivity index (χ3v) is 4.84. The summed E-state index contributed by atoms with van der Waals surface area (Å²) in [6, 6.07) is 5.13. The number of aryl methyl sites for hydroxylation is 1. The first-order valence-corrected chi connectivity index (χ1v) is 8.29. The molecule has 0 atom stereocenters. The van der Waals surface area contributed by atoms with Crippen molar-refractivity contribution in [3.63, 3.8) is 0 Å². The molecule has 2 heterocycles. The number of hydrogen-bond donors (Lipinski definition) is 1. The molecule has 0 aliphatic carbocycles. The van der Waals surface area contributed by atoms with Crippen molar-refractivity contribution in [3.8, 4) is 0 Å². The van der Waals surface area contributed by atoms with Crippen molar-refractivity contribution >= 4 is 43.6 Å². The Kier molecular flexibility index (Phi) is 3.15. The lowest BCUT2D eigenvalue weighted by atomic mass is 10.2. The molecule has 20 heavy (non-hydrogen) atoms. The highest BCUT2D eigenvalue weighted by Gasteiger charge is 2.22. The summed E-state index contributed by atoms with van der Waals surface area (Å²) in [6.07, 6.45) is 1.65. The summed E-state index contributed by atoms with van der Waals surface area (Å²) in [7, 11) is -3.86. The van der Waals surface area contributed by atoms with Crippen LogP contribution in [0.5, 0.6) is 0 Å². The van der Waals surface area contributed by atoms with Crippen LogP contribution in [0, 0.1) is 6.92 Å². The summed E-state index contributed by atoms with van der Waals surface area (Å²) in [4.78, 5) is 4.49. The van der Waals surface area contributed by atoms with Crippen molar-refractivity contribution in [3.05, 3.63) is 40.4 Å². The van der Waals surface area contributed by atoms with Crippen molar-refractivity contribution in [2.45, 2.75) is 12.1 Å². The topological polar surface area (TPSA) is 76.4 Å². The number of thiazole rings is 1. The van der Waals surface area contributed by atoms with E-state index in [-0.39, 0.29) is 5.16 Å². The van der Waals surface area contributed by atoms with Crippen LogP contribution in [-0.2, 0) is 10.0 Å². The van der Waals surface area contributed by atoms with Gasteiger partial charge in [-0.15, -0.1) is 16.4 Å². The average Bonchev–Trinajstić information content (AvgIpc) is 2.94. The van der Waals surface area contributed by atoms with Crippen LogP contribution in [0.25, 0.3) is 4.96 Å². The van der Waals surface area contributed by atoms with Crippen LogP contribution >= 0.6 is 22.9 Å². The van der Waals surface area contributed by atoms with E-state index in [4.69, 9.17) is 11.6 Å². The van der Waals surface area contributed by atoms with E-state index in [0.29, 0.717) is 15.7 Å². The molecule has 6 nitrogen and oxygen atoms in total. The Hall–Kier alpha value is -1.64. The standard InChI is InChI=1S/C11H9ClN4O2S2/c1-7-3-2-4-8(12)9(7)15-20(17,18)10-13-11-16(14-10)5-6-19-11/h2-6,15H,1H3. The van der Waals surface area contributed by atoms with E-state index in [1.54, 1.807) is 36.7 Å². The Bertz CT molecular complexity index is 836. The molecule has 3 aromatic rings. The van der Waals surface area contributed by atoms with E-state index < -0.39 is 10.0 Å². The van der Waals surface area contributed by atoms with Crippen molar-refractivity contribution < 1.29 is 8.42 Å². The summed E-state index contributed by atoms with van der Waals surface area (Å²) < 4.78 is 28.4. The molecular weight excluding hydrogens is 320 g/mol. The Morgan fingerprint density at radius 1 is 1.40 bits per heavy atom. The number of halogens is 1. The minimum atomic E-state index is -3.86. The van der Waals surface area contributed by atoms with Gasteiger partial charge in [0, 0.05) is 11.6 Å². The first-order valence-electron chi connectivity index (χ1n) is 5.55. The molecule has 0 saturated heterocycles. The first-order chi connectivity index (χ1) is 9.47. The summed E-state index contributed by atoms with van der Waals surface area (Å²) in [5, 5.41) is 5.75. The predicted octanol–water partition coefficient (Wildman–Crippen LogP) is 2.55. The van der Waals surface area contributed by atoms with Crippen LogP contribution < -0.4 is 4.72 Å². The van der Waals surface area contributed by atoms with Crippen LogP contribution in [0.15, 0.2) is 34.9 Å². The number of sulfonamides is 1. The van der Waals surface area contributed by atoms with Gasteiger partial charge in [0.25, 0.3) is 15.2 Å². The molecule has 0 bridgehead atoms. The number of fused-ring (bicyclic) bond motifs is 1. The quantitative estimate of drug-likeness (QED) is 0.801. The number of nitrogens with one attached hydrogen (secondary N) is 1. The second kappa shape index (κ2) is 4.72. The highest BCUT2D eigenvalue weighted by molar-refractivity contribution is 7.92. The number of nitrogens with zero attached hydrogens (tertiary/aromatic N) is 3. The molecule has 0 amide bonds. The summed E-state index contributed by atoms with van der Waals surface area (Å²) in [5.41, 5.74) is 1.06. The molecule has 0 aliphatic rings. The molecule has 104 valence electrons. The molecule has 1 aromatic carbocycles. The van der Waals surface area contributed by atoms with Crippen LogP contribution in [-0.4, -0.2) is 23.0 Å². The van der Waals surface area contributed by atoms with Gasteiger partial charge in [0.1, 0.15) is 0 Å². The Morgan fingerprint density at radius 2 is 2.20 bits per heavy atom. The Morgan fingerprint density at radius 3 is 2.90 bits per heavy atom. The largest absolute Gasteiger partial charge is 0.299 e. The van der Waals surface area contributed by atoms with Gasteiger partial charge in [-0.25, -0.2) is 4.52 Å². The Labute approximate surface area is 124 Å². The molecule has 3 rings (SSSR count). The maximum atomic E-state index is 12.3. The van der Waals surface area contributed by atoms with Gasteiger partial charge < -0.3 is 0 Å². The summed E-state index contributed by atoms with van der Waals surface area (Å²) in [5.74, 6) is 0. The van der Waals surface area contributed by atoms with Gasteiger partial charge in [-0.3, -0.25) is 4.72 Å². The summed E-state index contributed by atoms with van der Waals surface area (Å²) >= 11 is 7.32. The highest BCUT2D eigenvalue weighted by Crippen LogP contribution is 2.27. The molecule has 9 heteroatoms. The fourth-order valence-electron chi connectivity index (χ4n) is 1.67. The minimum Gasteiger partial charge on any atom is -0.275 e. The minimum absolute atomic E-state index is 0.274. The number of anilines is 1. The van der Waals surface area contributed by atoms with Crippen molar-refractivity contribution in [2.24, 2.45) is 0 Å². The third-order valence-electron chi connectivity index (χ3n) is 2.65. The highest BCUT2D eigenvalue weighted by atomic mass is 35.5. The van der Waals surface area contributed by atoms with E-state index >= 15 is 0 Å². The average molecular weight is 329 g/mol. The number of para-hydroxylation sites is 1. The number of hydrogen-bond acceptors (Lipinski definition) is 5. The molecule has 0 aliphatic heterocycles. The molecular formula is C11H9ClN4O2S2. The van der Waals surface area contributed by atoms with Gasteiger partial charge in [-0.2, -0.15) is 13.4 Å². The lowest BCUT2D eigenvalue weighted by Crippen LogP contribution is -2.15. The Balaban J connectivity index is 2.02. The molecule has 0 unspecified atom stereocenters. The zero-order valence-electron chi connectivity index (χ0n) is 10.2. The van der Waals surface area contributed by atoms with E-state index in [1.807, 2.05) is 0 Å². The van der Waals surface area contributed by atoms with E-state index in [1.165, 1.54) is 15.9 Å². The van der Waals surface area contributed by atoms with E-state index in [9.17, 15) is 8.42 Å². The van der Waals surface area contributed by atoms with Gasteiger partial charge in [0.05, 0.1) is 10.7 Å². The third kappa shape index (κ3) is 2.26. The molecule has 0 radical (unpaired) electrons. The van der Waals surface area contributed by atoms with Crippen molar-refractivity contribution in [1.82, 2.24) is 14.6 Å².